The molecule has 0 bridgehead atoms. The molecule has 1 atom stereocenters. The average Bonchev–Trinajstić information content (AvgIpc) is 2.29. The third-order valence-corrected chi connectivity index (χ3v) is 3.29. The van der Waals surface area contributed by atoms with Crippen LogP contribution in [0.25, 0.3) is 0 Å². The Morgan fingerprint density at radius 1 is 1.41 bits per heavy atom. The number of nitrogens with one attached hydrogen (secondary N) is 2. The first-order chi connectivity index (χ1) is 8.10. The van der Waals surface area contributed by atoms with E-state index >= 15 is 0 Å². The van der Waals surface area contributed by atoms with Crippen molar-refractivity contribution in [2.24, 2.45) is 5.92 Å². The zero-order chi connectivity index (χ0) is 13.1. The number of unbranched alkanes of at least 4 members (excludes halogenated alkanes) is 1. The maximum Gasteiger partial charge on any atom is 0.321 e. The van der Waals surface area contributed by atoms with Crippen LogP contribution in [-0.4, -0.2) is 41.7 Å². The van der Waals surface area contributed by atoms with Gasteiger partial charge >= 0.3 is 6.03 Å². The summed E-state index contributed by atoms with van der Waals surface area (Å²) in [5.74, 6) is 0.827. The summed E-state index contributed by atoms with van der Waals surface area (Å²) in [4.78, 5) is 22.5. The molecule has 0 aromatic heterocycles. The van der Waals surface area contributed by atoms with Crippen molar-refractivity contribution in [2.45, 2.75) is 26.7 Å². The number of imide groups is 1. The lowest BCUT2D eigenvalue weighted by atomic mass is 10.2. The standard InChI is InChI=1S/C11H22N2O3S/c1-3-4-5-12-11(16)13-10(15)8-17-7-9(2)6-14/h9,14H,3-8H2,1-2H3,(H2,12,13,15,16). The van der Waals surface area contributed by atoms with Gasteiger partial charge in [-0.2, -0.15) is 11.8 Å². The molecule has 3 amide bonds. The molecule has 3 N–H and O–H groups in total. The largest absolute Gasteiger partial charge is 0.396 e. The van der Waals surface area contributed by atoms with E-state index in [4.69, 9.17) is 5.11 Å². The van der Waals surface area contributed by atoms with Gasteiger partial charge in [0.25, 0.3) is 0 Å². The fourth-order valence-electron chi connectivity index (χ4n) is 0.991. The second-order valence-corrected chi connectivity index (χ2v) is 4.99. The van der Waals surface area contributed by atoms with Crippen LogP contribution in [0.4, 0.5) is 4.79 Å². The Bertz CT molecular complexity index is 237. The number of urea groups is 1. The van der Waals surface area contributed by atoms with Crippen LogP contribution in [0.3, 0.4) is 0 Å². The Labute approximate surface area is 107 Å². The first-order valence-corrected chi connectivity index (χ1v) is 7.01. The molecule has 1 unspecified atom stereocenters. The molecule has 0 aromatic carbocycles. The molecule has 0 saturated heterocycles. The van der Waals surface area contributed by atoms with E-state index in [1.807, 2.05) is 13.8 Å². The van der Waals surface area contributed by atoms with Gasteiger partial charge in [-0.1, -0.05) is 20.3 Å². The SMILES string of the molecule is CCCCNC(=O)NC(=O)CSCC(C)CO. The van der Waals surface area contributed by atoms with E-state index in [0.29, 0.717) is 12.3 Å². The van der Waals surface area contributed by atoms with Crippen molar-refractivity contribution >= 4 is 23.7 Å². The van der Waals surface area contributed by atoms with Crippen LogP contribution in [0.2, 0.25) is 0 Å². The highest BCUT2D eigenvalue weighted by Gasteiger charge is 2.08. The number of carbonyl (C=O) groups excluding carboxylic acids is 2. The number of thioether (sulfide) groups is 1. The molecule has 0 aromatic rings. The van der Waals surface area contributed by atoms with Crippen molar-refractivity contribution in [1.82, 2.24) is 10.6 Å². The lowest BCUT2D eigenvalue weighted by Gasteiger charge is -2.08. The average molecular weight is 262 g/mol. The van der Waals surface area contributed by atoms with Crippen LogP contribution < -0.4 is 10.6 Å². The van der Waals surface area contributed by atoms with E-state index in [1.165, 1.54) is 11.8 Å². The number of carbonyl (C=O) groups is 2. The second-order valence-electron chi connectivity index (χ2n) is 3.96. The zero-order valence-corrected chi connectivity index (χ0v) is 11.3. The highest BCUT2D eigenvalue weighted by molar-refractivity contribution is 7.99. The van der Waals surface area contributed by atoms with E-state index in [9.17, 15) is 9.59 Å². The Balaban J connectivity index is 3.54. The summed E-state index contributed by atoms with van der Waals surface area (Å²) < 4.78 is 0. The van der Waals surface area contributed by atoms with Gasteiger partial charge in [0.15, 0.2) is 0 Å². The van der Waals surface area contributed by atoms with E-state index in [1.54, 1.807) is 0 Å². The van der Waals surface area contributed by atoms with Gasteiger partial charge in [0.1, 0.15) is 0 Å². The van der Waals surface area contributed by atoms with Gasteiger partial charge < -0.3 is 10.4 Å². The monoisotopic (exact) mass is 262 g/mol. The van der Waals surface area contributed by atoms with Crippen molar-refractivity contribution in [1.29, 1.82) is 0 Å². The molecular weight excluding hydrogens is 240 g/mol. The van der Waals surface area contributed by atoms with Crippen molar-refractivity contribution in [3.63, 3.8) is 0 Å². The van der Waals surface area contributed by atoms with Crippen molar-refractivity contribution in [3.05, 3.63) is 0 Å². The third-order valence-electron chi connectivity index (χ3n) is 2.02. The molecule has 0 saturated carbocycles. The molecule has 0 heterocycles. The number of rotatable bonds is 8. The van der Waals surface area contributed by atoms with Crippen LogP contribution in [0, 0.1) is 5.92 Å². The van der Waals surface area contributed by atoms with Gasteiger partial charge in [0, 0.05) is 13.2 Å². The van der Waals surface area contributed by atoms with Crippen LogP contribution in [0.5, 0.6) is 0 Å². The van der Waals surface area contributed by atoms with Gasteiger partial charge in [-0.05, 0) is 18.1 Å². The van der Waals surface area contributed by atoms with Gasteiger partial charge in [-0.25, -0.2) is 4.79 Å². The highest BCUT2D eigenvalue weighted by Crippen LogP contribution is 2.06. The van der Waals surface area contributed by atoms with Gasteiger partial charge in [0.2, 0.25) is 5.91 Å². The molecule has 0 spiro atoms. The summed E-state index contributed by atoms with van der Waals surface area (Å²) in [6, 6.07) is -0.431. The number of aliphatic hydroxyl groups is 1. The Kier molecular flexibility index (Phi) is 9.95. The molecular formula is C11H22N2O3S. The minimum Gasteiger partial charge on any atom is -0.396 e. The van der Waals surface area contributed by atoms with Crippen molar-refractivity contribution in [3.8, 4) is 0 Å². The number of aliphatic hydroxyl groups excluding tert-OH is 1. The lowest BCUT2D eigenvalue weighted by molar-refractivity contribution is -0.117. The summed E-state index contributed by atoms with van der Waals surface area (Å²) >= 11 is 1.41. The molecule has 0 radical (unpaired) electrons. The van der Waals surface area contributed by atoms with Gasteiger partial charge in [-0.3, -0.25) is 10.1 Å². The van der Waals surface area contributed by atoms with Crippen molar-refractivity contribution in [2.75, 3.05) is 24.7 Å². The predicted octanol–water partition coefficient (Wildman–Crippen LogP) is 0.974. The van der Waals surface area contributed by atoms with E-state index in [2.05, 4.69) is 10.6 Å². The summed E-state index contributed by atoms with van der Waals surface area (Å²) in [6.07, 6.45) is 1.91. The number of hydrogen-bond acceptors (Lipinski definition) is 4. The molecule has 0 fully saturated rings. The summed E-state index contributed by atoms with van der Waals surface area (Å²) in [5.41, 5.74) is 0. The van der Waals surface area contributed by atoms with Gasteiger partial charge in [-0.15, -0.1) is 0 Å². The third kappa shape index (κ3) is 10.1. The van der Waals surface area contributed by atoms with Crippen LogP contribution in [0.15, 0.2) is 0 Å². The maximum atomic E-state index is 11.3. The molecule has 0 aliphatic heterocycles. The highest BCUT2D eigenvalue weighted by atomic mass is 32.2. The molecule has 0 aliphatic rings. The first-order valence-electron chi connectivity index (χ1n) is 5.86. The number of amides is 3. The minimum absolute atomic E-state index is 0.117. The predicted molar refractivity (Wildman–Crippen MR) is 70.0 cm³/mol. The molecule has 0 aliphatic carbocycles. The van der Waals surface area contributed by atoms with E-state index < -0.39 is 6.03 Å². The normalized spacial score (nSPS) is 11.9. The lowest BCUT2D eigenvalue weighted by Crippen LogP contribution is -2.40. The van der Waals surface area contributed by atoms with Crippen molar-refractivity contribution < 1.29 is 14.7 Å². The summed E-state index contributed by atoms with van der Waals surface area (Å²) in [6.45, 7) is 4.64. The minimum atomic E-state index is -0.431. The topological polar surface area (TPSA) is 78.4 Å². The fraction of sp³-hybridized carbons (Fsp3) is 0.818. The molecule has 6 heteroatoms. The summed E-state index contributed by atoms with van der Waals surface area (Å²) in [7, 11) is 0. The quantitative estimate of drug-likeness (QED) is 0.570. The zero-order valence-electron chi connectivity index (χ0n) is 10.5. The Morgan fingerprint density at radius 2 is 2.12 bits per heavy atom. The maximum absolute atomic E-state index is 11.3. The molecule has 100 valence electrons. The second kappa shape index (κ2) is 10.4. The Hall–Kier alpha value is -0.750. The fourth-order valence-corrected chi connectivity index (χ4v) is 1.87. The Morgan fingerprint density at radius 3 is 2.71 bits per heavy atom. The van der Waals surface area contributed by atoms with Crippen LogP contribution >= 0.6 is 11.8 Å². The van der Waals surface area contributed by atoms with Crippen LogP contribution in [0.1, 0.15) is 26.7 Å². The van der Waals surface area contributed by atoms with E-state index in [-0.39, 0.29) is 24.2 Å². The van der Waals surface area contributed by atoms with Crippen LogP contribution in [-0.2, 0) is 4.79 Å². The summed E-state index contributed by atoms with van der Waals surface area (Å²) in [5, 5.41) is 13.7. The first kappa shape index (κ1) is 16.2. The van der Waals surface area contributed by atoms with E-state index in [0.717, 1.165) is 12.8 Å². The molecule has 5 nitrogen and oxygen atoms in total. The number of hydrogen-bond donors (Lipinski definition) is 3. The smallest absolute Gasteiger partial charge is 0.321 e. The molecule has 17 heavy (non-hydrogen) atoms. The van der Waals surface area contributed by atoms with Gasteiger partial charge in [0.05, 0.1) is 5.75 Å². The molecule has 0 rings (SSSR count).